The first-order valence-corrected chi connectivity index (χ1v) is 37.7. The van der Waals surface area contributed by atoms with E-state index in [1.165, 1.54) is 109 Å². The fourth-order valence-electron chi connectivity index (χ4n) is 19.8. The van der Waals surface area contributed by atoms with Gasteiger partial charge in [-0.15, -0.1) is 0 Å². The monoisotopic (exact) mass is 1380 g/mol. The molecule has 2 aliphatic carbocycles. The SMILES string of the molecule is CC1(C)c2cc(N(c3ccc(-c4cccc5c4oc4ccccc45)cc3)c3c4ccccc4c(N(c4ccc(-c5cccc6c5oc5ccccc56)cc4)c4ccc5c(c4)C(C)(C)c4c-5ccc5c6ccccc6c6ccccc6c45)c4ccccc34)ccc2-c2ccc3c4ccccc4c4ccccc4c3c21. The Balaban J connectivity index is 0.753. The average Bonchev–Trinajstić information content (AvgIpc) is 1.35. The van der Waals surface area contributed by atoms with E-state index in [-0.39, 0.29) is 0 Å². The lowest BCUT2D eigenvalue weighted by molar-refractivity contribution is 0.666. The highest BCUT2D eigenvalue weighted by molar-refractivity contribution is 6.30. The van der Waals surface area contributed by atoms with E-state index in [0.29, 0.717) is 0 Å². The fourth-order valence-corrected chi connectivity index (χ4v) is 19.8. The summed E-state index contributed by atoms with van der Waals surface area (Å²) in [6.07, 6.45) is 0. The summed E-state index contributed by atoms with van der Waals surface area (Å²) >= 11 is 0. The van der Waals surface area contributed by atoms with Crippen LogP contribution in [-0.4, -0.2) is 0 Å². The van der Waals surface area contributed by atoms with Gasteiger partial charge in [0.1, 0.15) is 22.3 Å². The summed E-state index contributed by atoms with van der Waals surface area (Å²) in [6, 6.07) is 127. The Morgan fingerprint density at radius 1 is 0.213 bits per heavy atom. The number of fused-ring (bicyclic) bond motifs is 28. The third kappa shape index (κ3) is 8.45. The maximum atomic E-state index is 6.73. The van der Waals surface area contributed by atoms with E-state index < -0.39 is 10.8 Å². The molecule has 0 saturated carbocycles. The maximum Gasteiger partial charge on any atom is 0.143 e. The van der Waals surface area contributed by atoms with Gasteiger partial charge in [-0.25, -0.2) is 0 Å². The summed E-state index contributed by atoms with van der Waals surface area (Å²) in [7, 11) is 0. The van der Waals surface area contributed by atoms with Gasteiger partial charge in [-0.1, -0.05) is 307 Å². The Kier molecular flexibility index (Phi) is 12.7. The summed E-state index contributed by atoms with van der Waals surface area (Å²) in [6.45, 7) is 9.81. The lowest BCUT2D eigenvalue weighted by Crippen LogP contribution is -2.18. The van der Waals surface area contributed by atoms with Crippen LogP contribution in [0.2, 0.25) is 0 Å². The first-order chi connectivity index (χ1) is 53.1. The van der Waals surface area contributed by atoms with E-state index in [0.717, 1.165) is 122 Å². The number of benzene rings is 19. The predicted molar refractivity (Wildman–Crippen MR) is 456 cm³/mol. The van der Waals surface area contributed by atoms with E-state index in [2.05, 4.69) is 377 Å². The smallest absolute Gasteiger partial charge is 0.143 e. The van der Waals surface area contributed by atoms with Crippen molar-refractivity contribution in [3.05, 3.63) is 362 Å². The number of para-hydroxylation sites is 4. The zero-order valence-electron chi connectivity index (χ0n) is 60.0. The molecule has 2 heterocycles. The minimum atomic E-state index is -0.393. The topological polar surface area (TPSA) is 32.8 Å². The van der Waals surface area contributed by atoms with Gasteiger partial charge in [0, 0.05) is 87.8 Å². The van der Waals surface area contributed by atoms with Crippen LogP contribution in [0.3, 0.4) is 0 Å². The average molecular weight is 1380 g/mol. The highest BCUT2D eigenvalue weighted by Crippen LogP contribution is 2.60. The summed E-state index contributed by atoms with van der Waals surface area (Å²) in [4.78, 5) is 5.12. The predicted octanol–water partition coefficient (Wildman–Crippen LogP) is 29.6. The van der Waals surface area contributed by atoms with Crippen molar-refractivity contribution in [2.75, 3.05) is 9.80 Å². The van der Waals surface area contributed by atoms with E-state index >= 15 is 0 Å². The summed E-state index contributed by atoms with van der Waals surface area (Å²) < 4.78 is 13.5. The fraction of sp³-hybridized carbons (Fsp3) is 0.0577. The zero-order valence-corrected chi connectivity index (χ0v) is 60.0. The first kappa shape index (κ1) is 60.8. The van der Waals surface area contributed by atoms with E-state index in [4.69, 9.17) is 8.83 Å². The maximum absolute atomic E-state index is 6.73. The van der Waals surface area contributed by atoms with Gasteiger partial charge in [0.05, 0.1) is 11.4 Å². The van der Waals surface area contributed by atoms with Crippen LogP contribution in [-0.2, 0) is 10.8 Å². The largest absolute Gasteiger partial charge is 0.455 e. The molecule has 108 heavy (non-hydrogen) atoms. The molecule has 21 aromatic rings. The number of furan rings is 2. The summed E-state index contributed by atoms with van der Waals surface area (Å²) in [5.74, 6) is 0. The summed E-state index contributed by atoms with van der Waals surface area (Å²) in [5.41, 5.74) is 23.9. The minimum Gasteiger partial charge on any atom is -0.455 e. The molecule has 4 heteroatoms. The van der Waals surface area contributed by atoms with Crippen molar-refractivity contribution in [1.82, 2.24) is 0 Å². The molecule has 0 saturated heterocycles. The summed E-state index contributed by atoms with van der Waals surface area (Å²) in [5, 5.41) is 24.4. The van der Waals surface area contributed by atoms with E-state index in [9.17, 15) is 0 Å². The molecule has 19 aromatic carbocycles. The normalized spacial score (nSPS) is 13.5. The van der Waals surface area contributed by atoms with Gasteiger partial charge in [-0.2, -0.15) is 0 Å². The Hall–Kier alpha value is -13.5. The third-order valence-corrected chi connectivity index (χ3v) is 24.5. The highest BCUT2D eigenvalue weighted by atomic mass is 16.3. The second kappa shape index (κ2) is 22.5. The van der Waals surface area contributed by atoms with Gasteiger partial charge < -0.3 is 18.6 Å². The van der Waals surface area contributed by atoms with Crippen molar-refractivity contribution in [2.45, 2.75) is 38.5 Å². The Labute approximate surface area is 623 Å². The van der Waals surface area contributed by atoms with Crippen LogP contribution >= 0.6 is 0 Å². The molecule has 0 amide bonds. The van der Waals surface area contributed by atoms with Crippen LogP contribution in [0.5, 0.6) is 0 Å². The number of rotatable bonds is 8. The van der Waals surface area contributed by atoms with Gasteiger partial charge in [0.15, 0.2) is 0 Å². The molecular formula is C104H68N2O2. The Bertz CT molecular complexity index is 6920. The lowest BCUT2D eigenvalue weighted by Gasteiger charge is -2.34. The van der Waals surface area contributed by atoms with E-state index in [1.54, 1.807) is 0 Å². The molecule has 23 rings (SSSR count). The Morgan fingerprint density at radius 3 is 0.852 bits per heavy atom. The molecule has 0 radical (unpaired) electrons. The molecule has 2 aliphatic rings. The number of nitrogens with zero attached hydrogens (tertiary/aromatic N) is 2. The van der Waals surface area contributed by atoms with Crippen molar-refractivity contribution in [3.8, 4) is 44.5 Å². The molecule has 0 aliphatic heterocycles. The van der Waals surface area contributed by atoms with Crippen LogP contribution in [0.15, 0.2) is 349 Å². The van der Waals surface area contributed by atoms with Gasteiger partial charge in [-0.05, 0) is 181 Å². The van der Waals surface area contributed by atoms with E-state index in [1.807, 2.05) is 0 Å². The highest BCUT2D eigenvalue weighted by Gasteiger charge is 2.41. The second-order valence-corrected chi connectivity index (χ2v) is 30.8. The molecular weight excluding hydrogens is 1310 g/mol. The molecule has 0 unspecified atom stereocenters. The van der Waals surface area contributed by atoms with Crippen molar-refractivity contribution >= 4 is 164 Å². The van der Waals surface area contributed by atoms with Gasteiger partial charge in [0.2, 0.25) is 0 Å². The number of anilines is 6. The second-order valence-electron chi connectivity index (χ2n) is 30.8. The van der Waals surface area contributed by atoms with Crippen LogP contribution in [0, 0.1) is 0 Å². The molecule has 0 spiro atoms. The minimum absolute atomic E-state index is 0.393. The molecule has 0 N–H and O–H groups in total. The lowest BCUT2D eigenvalue weighted by atomic mass is 9.78. The van der Waals surface area contributed by atoms with Crippen molar-refractivity contribution < 1.29 is 8.83 Å². The first-order valence-electron chi connectivity index (χ1n) is 37.7. The molecule has 0 bridgehead atoms. The van der Waals surface area contributed by atoms with Crippen molar-refractivity contribution in [2.24, 2.45) is 0 Å². The van der Waals surface area contributed by atoms with Crippen LogP contribution in [0.25, 0.3) is 175 Å². The van der Waals surface area contributed by atoms with Crippen LogP contribution < -0.4 is 9.80 Å². The van der Waals surface area contributed by atoms with Crippen LogP contribution in [0.1, 0.15) is 49.9 Å². The molecule has 0 atom stereocenters. The zero-order chi connectivity index (χ0) is 71.4. The quantitative estimate of drug-likeness (QED) is 0.0862. The van der Waals surface area contributed by atoms with Crippen LogP contribution in [0.4, 0.5) is 34.1 Å². The van der Waals surface area contributed by atoms with Gasteiger partial charge in [0.25, 0.3) is 0 Å². The molecule has 2 aromatic heterocycles. The van der Waals surface area contributed by atoms with Crippen molar-refractivity contribution in [3.63, 3.8) is 0 Å². The number of hydrogen-bond donors (Lipinski definition) is 0. The Morgan fingerprint density at radius 2 is 0.491 bits per heavy atom. The third-order valence-electron chi connectivity index (χ3n) is 24.5. The molecule has 506 valence electrons. The van der Waals surface area contributed by atoms with Gasteiger partial charge in [-0.3, -0.25) is 0 Å². The van der Waals surface area contributed by atoms with Gasteiger partial charge >= 0.3 is 0 Å². The number of hydrogen-bond acceptors (Lipinski definition) is 4. The van der Waals surface area contributed by atoms with Crippen molar-refractivity contribution in [1.29, 1.82) is 0 Å². The molecule has 4 nitrogen and oxygen atoms in total. The molecule has 0 fully saturated rings. The standard InChI is InChI=1S/C104H68N2O2/c1-103(2)91-59-65(51-53-75(91)83-57-55-81-73-27-7-5-23-69(73)71-25-9-11-31-79(71)95(81)97(83)103)105(63-47-43-61(44-48-63)67-37-21-39-89-77-29-17-19-41-93(77)107-101(67)89)99-85-33-13-15-35-87(85)100(88-36-16-14-34-86(88)99)106(64-49-45-62(46-50-64)68-38-22-40-90-78-30-18-20-42-94(78)108-102(68)90)66-52-54-76-84-58-56-82-74-28-8-6-24-70(74)72-26-10-12-32-80(72)96(82)98(84)104(3,4)92(76)60-66/h5-60H,1-4H3.